The van der Waals surface area contributed by atoms with E-state index in [0.717, 1.165) is 54.7 Å². The zero-order valence-electron chi connectivity index (χ0n) is 25.6. The fourth-order valence-electron chi connectivity index (χ4n) is 5.68. The van der Waals surface area contributed by atoms with Gasteiger partial charge in [0.2, 0.25) is 11.8 Å². The summed E-state index contributed by atoms with van der Waals surface area (Å²) >= 11 is 0. The molecule has 1 aliphatic carbocycles. The monoisotopic (exact) mass is 584 g/mol. The van der Waals surface area contributed by atoms with Crippen LogP contribution in [0.5, 0.6) is 5.75 Å². The lowest BCUT2D eigenvalue weighted by atomic mass is 9.81. The Hall–Kier alpha value is -3.71. The van der Waals surface area contributed by atoms with Gasteiger partial charge in [-0.1, -0.05) is 56.9 Å². The second-order valence-corrected chi connectivity index (χ2v) is 11.9. The SMILES string of the molecule is CCCCCCCc1ccc(NC(=O)[C@H](Cc2ccc(OCc3ccncc3)cc2)NC(=O)C2CCC(CN)CC2)cc1. The predicted molar refractivity (Wildman–Crippen MR) is 173 cm³/mol. The molecule has 0 spiro atoms. The number of pyridine rings is 1. The van der Waals surface area contributed by atoms with Crippen molar-refractivity contribution in [3.63, 3.8) is 0 Å². The van der Waals surface area contributed by atoms with Crippen LogP contribution in [0.25, 0.3) is 0 Å². The van der Waals surface area contributed by atoms with Crippen LogP contribution in [0.2, 0.25) is 0 Å². The van der Waals surface area contributed by atoms with Gasteiger partial charge in [0.1, 0.15) is 18.4 Å². The summed E-state index contributed by atoms with van der Waals surface area (Å²) in [6.45, 7) is 3.35. The zero-order valence-corrected chi connectivity index (χ0v) is 25.6. The van der Waals surface area contributed by atoms with Crippen molar-refractivity contribution in [2.75, 3.05) is 11.9 Å². The van der Waals surface area contributed by atoms with Gasteiger partial charge in [-0.25, -0.2) is 0 Å². The maximum Gasteiger partial charge on any atom is 0.247 e. The number of nitrogens with two attached hydrogens (primary N) is 1. The molecule has 2 amide bonds. The molecule has 4 rings (SSSR count). The lowest BCUT2D eigenvalue weighted by Crippen LogP contribution is -2.48. The molecule has 7 heteroatoms. The first kappa shape index (κ1) is 32.2. The molecule has 1 aromatic heterocycles. The number of nitrogens with one attached hydrogen (secondary N) is 2. The Morgan fingerprint density at radius 1 is 0.860 bits per heavy atom. The number of carbonyl (C=O) groups is 2. The van der Waals surface area contributed by atoms with E-state index in [1.807, 2.05) is 48.5 Å². The second-order valence-electron chi connectivity index (χ2n) is 11.9. The van der Waals surface area contributed by atoms with Gasteiger partial charge in [0, 0.05) is 30.4 Å². The van der Waals surface area contributed by atoms with Gasteiger partial charge >= 0.3 is 0 Å². The number of amides is 2. The molecule has 1 saturated carbocycles. The Balaban J connectivity index is 1.37. The molecule has 230 valence electrons. The Morgan fingerprint density at radius 2 is 1.53 bits per heavy atom. The first-order valence-corrected chi connectivity index (χ1v) is 16.0. The Kier molecular flexibility index (Phi) is 13.0. The Bertz CT molecular complexity index is 1240. The third-order valence-electron chi connectivity index (χ3n) is 8.49. The van der Waals surface area contributed by atoms with Crippen LogP contribution >= 0.6 is 0 Å². The number of rotatable bonds is 16. The molecule has 0 radical (unpaired) electrons. The molecule has 4 N–H and O–H groups in total. The van der Waals surface area contributed by atoms with E-state index in [4.69, 9.17) is 10.5 Å². The molecule has 0 saturated heterocycles. The lowest BCUT2D eigenvalue weighted by molar-refractivity contribution is -0.130. The summed E-state index contributed by atoms with van der Waals surface area (Å²) < 4.78 is 5.91. The van der Waals surface area contributed by atoms with E-state index < -0.39 is 6.04 Å². The predicted octanol–water partition coefficient (Wildman–Crippen LogP) is 6.60. The number of unbranched alkanes of at least 4 members (excludes halogenated alkanes) is 4. The highest BCUT2D eigenvalue weighted by Gasteiger charge is 2.29. The number of nitrogens with zero attached hydrogens (tertiary/aromatic N) is 1. The zero-order chi connectivity index (χ0) is 30.3. The van der Waals surface area contributed by atoms with E-state index >= 15 is 0 Å². The van der Waals surface area contributed by atoms with Gasteiger partial charge in [-0.15, -0.1) is 0 Å². The number of hydrogen-bond acceptors (Lipinski definition) is 5. The van der Waals surface area contributed by atoms with Gasteiger partial charge in [-0.2, -0.15) is 0 Å². The first-order valence-electron chi connectivity index (χ1n) is 16.0. The van der Waals surface area contributed by atoms with E-state index in [1.54, 1.807) is 12.4 Å². The van der Waals surface area contributed by atoms with E-state index in [0.29, 0.717) is 25.5 Å². The van der Waals surface area contributed by atoms with E-state index in [-0.39, 0.29) is 17.7 Å². The number of ether oxygens (including phenoxy) is 1. The fourth-order valence-corrected chi connectivity index (χ4v) is 5.68. The highest BCUT2D eigenvalue weighted by Crippen LogP contribution is 2.28. The normalized spacial score (nSPS) is 17.2. The molecule has 3 aromatic rings. The van der Waals surface area contributed by atoms with Crippen molar-refractivity contribution in [1.29, 1.82) is 0 Å². The average molecular weight is 585 g/mol. The van der Waals surface area contributed by atoms with E-state index in [1.165, 1.54) is 37.7 Å². The van der Waals surface area contributed by atoms with Crippen molar-refractivity contribution in [3.05, 3.63) is 89.7 Å². The largest absolute Gasteiger partial charge is 0.489 e. The van der Waals surface area contributed by atoms with Crippen molar-refractivity contribution in [2.24, 2.45) is 17.6 Å². The molecular weight excluding hydrogens is 536 g/mol. The van der Waals surface area contributed by atoms with Crippen LogP contribution in [0.1, 0.15) is 81.4 Å². The summed E-state index contributed by atoms with van der Waals surface area (Å²) in [7, 11) is 0. The number of hydrogen-bond donors (Lipinski definition) is 3. The standard InChI is InChI=1S/C36H48N4O3/c1-2-3-4-5-6-7-27-10-16-32(17-11-27)39-36(42)34(40-35(41)31-14-8-29(25-37)9-15-31)24-28-12-18-33(19-13-28)43-26-30-20-22-38-23-21-30/h10-13,16-23,29,31,34H,2-9,14-15,24-26,37H2,1H3,(H,39,42)(H,40,41)/t29?,31?,34-/m0/s1. The summed E-state index contributed by atoms with van der Waals surface area (Å²) in [5.41, 5.74) is 9.85. The van der Waals surface area contributed by atoms with Gasteiger partial charge in [0.15, 0.2) is 0 Å². The van der Waals surface area contributed by atoms with Crippen LogP contribution in [-0.4, -0.2) is 29.4 Å². The van der Waals surface area contributed by atoms with Gasteiger partial charge in [-0.3, -0.25) is 14.6 Å². The number of aryl methyl sites for hydroxylation is 1. The second kappa shape index (κ2) is 17.4. The third-order valence-corrected chi connectivity index (χ3v) is 8.49. The number of anilines is 1. The van der Waals surface area contributed by atoms with Gasteiger partial charge < -0.3 is 21.1 Å². The number of benzene rings is 2. The van der Waals surface area contributed by atoms with Gasteiger partial charge in [0.25, 0.3) is 0 Å². The minimum absolute atomic E-state index is 0.0497. The molecule has 0 bridgehead atoms. The van der Waals surface area contributed by atoms with Crippen molar-refractivity contribution < 1.29 is 14.3 Å². The molecule has 1 atom stereocenters. The van der Waals surface area contributed by atoms with Crippen LogP contribution in [0.15, 0.2) is 73.1 Å². The minimum atomic E-state index is -0.693. The molecule has 0 unspecified atom stereocenters. The fraction of sp³-hybridized carbons (Fsp3) is 0.472. The molecule has 7 nitrogen and oxygen atoms in total. The van der Waals surface area contributed by atoms with Crippen LogP contribution in [0.4, 0.5) is 5.69 Å². The quantitative estimate of drug-likeness (QED) is 0.164. The summed E-state index contributed by atoms with van der Waals surface area (Å²) in [4.78, 5) is 30.9. The van der Waals surface area contributed by atoms with Crippen LogP contribution in [0, 0.1) is 11.8 Å². The summed E-state index contributed by atoms with van der Waals surface area (Å²) in [6, 6.07) is 19.0. The Labute approximate surface area is 257 Å². The smallest absolute Gasteiger partial charge is 0.247 e. The highest BCUT2D eigenvalue weighted by atomic mass is 16.5. The third kappa shape index (κ3) is 10.8. The molecule has 0 aliphatic heterocycles. The van der Waals surface area contributed by atoms with Crippen molar-refractivity contribution in [3.8, 4) is 5.75 Å². The molecule has 1 aliphatic rings. The molecule has 1 fully saturated rings. The molecule has 43 heavy (non-hydrogen) atoms. The minimum Gasteiger partial charge on any atom is -0.489 e. The highest BCUT2D eigenvalue weighted by molar-refractivity contribution is 5.97. The maximum absolute atomic E-state index is 13.5. The average Bonchev–Trinajstić information content (AvgIpc) is 3.05. The van der Waals surface area contributed by atoms with Crippen molar-refractivity contribution >= 4 is 17.5 Å². The number of aromatic nitrogens is 1. The van der Waals surface area contributed by atoms with E-state index in [2.05, 4.69) is 34.7 Å². The maximum atomic E-state index is 13.5. The van der Waals surface area contributed by atoms with Crippen molar-refractivity contribution in [1.82, 2.24) is 10.3 Å². The number of carbonyl (C=O) groups excluding carboxylic acids is 2. The van der Waals surface area contributed by atoms with Crippen LogP contribution in [-0.2, 0) is 29.0 Å². The first-order chi connectivity index (χ1) is 21.0. The molecule has 1 heterocycles. The molecule has 2 aromatic carbocycles. The van der Waals surface area contributed by atoms with Gasteiger partial charge in [-0.05, 0) is 104 Å². The summed E-state index contributed by atoms with van der Waals surface area (Å²) in [5, 5.41) is 6.13. The van der Waals surface area contributed by atoms with Crippen molar-refractivity contribution in [2.45, 2.75) is 90.2 Å². The topological polar surface area (TPSA) is 106 Å². The van der Waals surface area contributed by atoms with Crippen LogP contribution in [0.3, 0.4) is 0 Å². The molecular formula is C36H48N4O3. The van der Waals surface area contributed by atoms with Crippen LogP contribution < -0.4 is 21.1 Å². The van der Waals surface area contributed by atoms with E-state index in [9.17, 15) is 9.59 Å². The summed E-state index contributed by atoms with van der Waals surface area (Å²) in [5.74, 6) is 0.883. The lowest BCUT2D eigenvalue weighted by Gasteiger charge is -2.28. The Morgan fingerprint density at radius 3 is 2.21 bits per heavy atom. The van der Waals surface area contributed by atoms with Gasteiger partial charge in [0.05, 0.1) is 0 Å². The summed E-state index contributed by atoms with van der Waals surface area (Å²) in [6.07, 6.45) is 14.7.